The average Bonchev–Trinajstić information content (AvgIpc) is 2.54. The number of anilines is 1. The quantitative estimate of drug-likeness (QED) is 0.739. The normalized spacial score (nSPS) is 17.2. The Hall–Kier alpha value is -1.69. The van der Waals surface area contributed by atoms with Gasteiger partial charge < -0.3 is 16.4 Å². The van der Waals surface area contributed by atoms with Crippen molar-refractivity contribution in [3.8, 4) is 0 Å². The fraction of sp³-hybridized carbons (Fsp3) is 0.667. The van der Waals surface area contributed by atoms with Gasteiger partial charge in [0.15, 0.2) is 5.69 Å². The maximum atomic E-state index is 11.6. The highest BCUT2D eigenvalue weighted by Crippen LogP contribution is 2.27. The molecule has 1 unspecified atom stereocenters. The second-order valence-corrected chi connectivity index (χ2v) is 5.55. The van der Waals surface area contributed by atoms with Crippen molar-refractivity contribution in [2.24, 2.45) is 11.7 Å². The Labute approximate surface area is 125 Å². The molecule has 0 bridgehead atoms. The Bertz CT molecular complexity index is 442. The molecule has 1 heterocycles. The molecular weight excluding hydrogens is 266 g/mol. The van der Waals surface area contributed by atoms with E-state index in [1.165, 1.54) is 32.1 Å². The van der Waals surface area contributed by atoms with E-state index in [1.54, 1.807) is 12.1 Å². The lowest BCUT2D eigenvalue weighted by molar-refractivity contribution is 0.0950. The van der Waals surface area contributed by atoms with E-state index in [1.807, 2.05) is 6.92 Å². The molecule has 1 saturated carbocycles. The van der Waals surface area contributed by atoms with Crippen molar-refractivity contribution in [2.45, 2.75) is 45.1 Å². The second-order valence-electron chi connectivity index (χ2n) is 5.55. The van der Waals surface area contributed by atoms with Crippen molar-refractivity contribution in [3.63, 3.8) is 0 Å². The lowest BCUT2D eigenvalue weighted by Crippen LogP contribution is -2.37. The number of carbonyl (C=O) groups excluding carboxylic acids is 1. The zero-order valence-electron chi connectivity index (χ0n) is 12.6. The summed E-state index contributed by atoms with van der Waals surface area (Å²) in [5.74, 6) is 1.09. The zero-order valence-corrected chi connectivity index (χ0v) is 12.6. The van der Waals surface area contributed by atoms with E-state index in [0.29, 0.717) is 30.5 Å². The van der Waals surface area contributed by atoms with Crippen molar-refractivity contribution < 1.29 is 4.79 Å². The molecule has 1 fully saturated rings. The van der Waals surface area contributed by atoms with E-state index >= 15 is 0 Å². The molecular formula is C15H25N5O. The summed E-state index contributed by atoms with van der Waals surface area (Å²) in [5, 5.41) is 14.1. The number of carbonyl (C=O) groups is 1. The summed E-state index contributed by atoms with van der Waals surface area (Å²) in [6.07, 6.45) is 6.34. The predicted molar refractivity (Wildman–Crippen MR) is 83.1 cm³/mol. The summed E-state index contributed by atoms with van der Waals surface area (Å²) in [5.41, 5.74) is 6.23. The Morgan fingerprint density at radius 1 is 1.33 bits per heavy atom. The van der Waals surface area contributed by atoms with Crippen molar-refractivity contribution >= 4 is 11.7 Å². The summed E-state index contributed by atoms with van der Waals surface area (Å²) in [4.78, 5) is 11.6. The third-order valence-corrected chi connectivity index (χ3v) is 4.04. The van der Waals surface area contributed by atoms with Gasteiger partial charge in [-0.15, -0.1) is 10.2 Å². The summed E-state index contributed by atoms with van der Waals surface area (Å²) < 4.78 is 0. The highest BCUT2D eigenvalue weighted by molar-refractivity contribution is 5.92. The molecule has 0 saturated heterocycles. The maximum Gasteiger partial charge on any atom is 0.271 e. The number of hydrogen-bond acceptors (Lipinski definition) is 5. The smallest absolute Gasteiger partial charge is 0.271 e. The Balaban J connectivity index is 1.96. The van der Waals surface area contributed by atoms with E-state index in [4.69, 9.17) is 5.73 Å². The number of nitrogens with two attached hydrogens (primary N) is 1. The Kier molecular flexibility index (Phi) is 5.92. The molecule has 0 aliphatic heterocycles. The zero-order chi connectivity index (χ0) is 15.1. The SMILES string of the molecule is CCNC(=O)c1ccc(NC(CN)C2CCCCC2)nn1. The number of rotatable bonds is 6. The molecule has 1 aliphatic carbocycles. The third kappa shape index (κ3) is 4.39. The number of hydrogen-bond donors (Lipinski definition) is 3. The maximum absolute atomic E-state index is 11.6. The molecule has 0 radical (unpaired) electrons. The van der Waals surface area contributed by atoms with Crippen LogP contribution < -0.4 is 16.4 Å². The molecule has 1 aliphatic rings. The molecule has 116 valence electrons. The number of aromatic nitrogens is 2. The molecule has 0 spiro atoms. The molecule has 6 heteroatoms. The first kappa shape index (κ1) is 15.7. The Morgan fingerprint density at radius 3 is 2.67 bits per heavy atom. The minimum Gasteiger partial charge on any atom is -0.364 e. The first-order valence-electron chi connectivity index (χ1n) is 7.83. The van der Waals surface area contributed by atoms with Crippen molar-refractivity contribution in [3.05, 3.63) is 17.8 Å². The van der Waals surface area contributed by atoms with Gasteiger partial charge in [-0.2, -0.15) is 0 Å². The van der Waals surface area contributed by atoms with Crippen LogP contribution in [-0.2, 0) is 0 Å². The van der Waals surface area contributed by atoms with Crippen LogP contribution in [0.2, 0.25) is 0 Å². The van der Waals surface area contributed by atoms with Gasteiger partial charge in [-0.25, -0.2) is 0 Å². The average molecular weight is 291 g/mol. The molecule has 1 aromatic heterocycles. The van der Waals surface area contributed by atoms with Crippen LogP contribution in [0.15, 0.2) is 12.1 Å². The fourth-order valence-electron chi connectivity index (χ4n) is 2.88. The molecule has 1 aromatic rings. The first-order valence-corrected chi connectivity index (χ1v) is 7.83. The Morgan fingerprint density at radius 2 is 2.10 bits per heavy atom. The van der Waals surface area contributed by atoms with Gasteiger partial charge in [0.1, 0.15) is 5.82 Å². The fourth-order valence-corrected chi connectivity index (χ4v) is 2.88. The van der Waals surface area contributed by atoms with Gasteiger partial charge in [0.25, 0.3) is 5.91 Å². The van der Waals surface area contributed by atoms with Gasteiger partial charge >= 0.3 is 0 Å². The summed E-state index contributed by atoms with van der Waals surface area (Å²) >= 11 is 0. The number of nitrogens with one attached hydrogen (secondary N) is 2. The van der Waals surface area contributed by atoms with E-state index in [9.17, 15) is 4.79 Å². The van der Waals surface area contributed by atoms with Crippen LogP contribution in [0.5, 0.6) is 0 Å². The number of amides is 1. The molecule has 1 atom stereocenters. The summed E-state index contributed by atoms with van der Waals surface area (Å²) in [6, 6.07) is 3.72. The lowest BCUT2D eigenvalue weighted by Gasteiger charge is -2.30. The van der Waals surface area contributed by atoms with E-state index < -0.39 is 0 Å². The monoisotopic (exact) mass is 291 g/mol. The minimum atomic E-state index is -0.195. The second kappa shape index (κ2) is 7.93. The van der Waals surface area contributed by atoms with Gasteiger partial charge in [-0.05, 0) is 37.8 Å². The van der Waals surface area contributed by atoms with Crippen LogP contribution in [0.25, 0.3) is 0 Å². The first-order chi connectivity index (χ1) is 10.2. The van der Waals surface area contributed by atoms with Crippen LogP contribution in [0.1, 0.15) is 49.5 Å². The van der Waals surface area contributed by atoms with Crippen LogP contribution in [0.4, 0.5) is 5.82 Å². The summed E-state index contributed by atoms with van der Waals surface area (Å²) in [7, 11) is 0. The van der Waals surface area contributed by atoms with Crippen LogP contribution >= 0.6 is 0 Å². The van der Waals surface area contributed by atoms with E-state index in [-0.39, 0.29) is 11.9 Å². The van der Waals surface area contributed by atoms with Crippen molar-refractivity contribution in [2.75, 3.05) is 18.4 Å². The molecule has 21 heavy (non-hydrogen) atoms. The van der Waals surface area contributed by atoms with E-state index in [2.05, 4.69) is 20.8 Å². The van der Waals surface area contributed by atoms with Gasteiger partial charge in [0.05, 0.1) is 0 Å². The highest BCUT2D eigenvalue weighted by atomic mass is 16.1. The standard InChI is InChI=1S/C15H25N5O/c1-2-17-15(21)12-8-9-14(20-19-12)18-13(10-16)11-6-4-3-5-7-11/h8-9,11,13H,2-7,10,16H2,1H3,(H,17,21)(H,18,20). The van der Waals surface area contributed by atoms with Crippen molar-refractivity contribution in [1.82, 2.24) is 15.5 Å². The van der Waals surface area contributed by atoms with Gasteiger partial charge in [-0.1, -0.05) is 19.3 Å². The van der Waals surface area contributed by atoms with Crippen LogP contribution in [0.3, 0.4) is 0 Å². The van der Waals surface area contributed by atoms with E-state index in [0.717, 1.165) is 0 Å². The van der Waals surface area contributed by atoms with Gasteiger partial charge in [-0.3, -0.25) is 4.79 Å². The predicted octanol–water partition coefficient (Wildman–Crippen LogP) is 1.55. The van der Waals surface area contributed by atoms with Crippen molar-refractivity contribution in [1.29, 1.82) is 0 Å². The topological polar surface area (TPSA) is 92.9 Å². The largest absolute Gasteiger partial charge is 0.364 e. The molecule has 0 aromatic carbocycles. The minimum absolute atomic E-state index is 0.195. The third-order valence-electron chi connectivity index (χ3n) is 4.04. The van der Waals surface area contributed by atoms with Gasteiger partial charge in [0, 0.05) is 19.1 Å². The number of nitrogens with zero attached hydrogens (tertiary/aromatic N) is 2. The lowest BCUT2D eigenvalue weighted by atomic mass is 9.84. The summed E-state index contributed by atoms with van der Waals surface area (Å²) in [6.45, 7) is 3.04. The van der Waals surface area contributed by atoms with Crippen LogP contribution in [-0.4, -0.2) is 35.2 Å². The van der Waals surface area contributed by atoms with Crippen LogP contribution in [0, 0.1) is 5.92 Å². The highest BCUT2D eigenvalue weighted by Gasteiger charge is 2.22. The molecule has 4 N–H and O–H groups in total. The molecule has 6 nitrogen and oxygen atoms in total. The van der Waals surface area contributed by atoms with Gasteiger partial charge in [0.2, 0.25) is 0 Å². The molecule has 1 amide bonds. The molecule has 2 rings (SSSR count).